The molecule has 0 saturated carbocycles. The van der Waals surface area contributed by atoms with Gasteiger partial charge in [-0.25, -0.2) is 4.79 Å². The Kier molecular flexibility index (Phi) is 1.86. The summed E-state index contributed by atoms with van der Waals surface area (Å²) >= 11 is 0. The molecule has 0 saturated heterocycles. The van der Waals surface area contributed by atoms with E-state index in [1.807, 2.05) is 0 Å². The first-order valence-corrected chi connectivity index (χ1v) is 2.75. The molecule has 58 valence electrons. The standard InChI is InChI=1S/C5H5N3O3/c9-1-3-4(6-2-10)8-5(11)7-3/h1-2H,(H,6,10)(H2,7,8,11). The smallest absolute Gasteiger partial charge is 0.313 e. The Labute approximate surface area is 60.6 Å². The monoisotopic (exact) mass is 155 g/mol. The molecule has 1 amide bonds. The van der Waals surface area contributed by atoms with Gasteiger partial charge in [0.1, 0.15) is 11.5 Å². The van der Waals surface area contributed by atoms with Crippen LogP contribution in [0.4, 0.5) is 5.82 Å². The second kappa shape index (κ2) is 2.82. The van der Waals surface area contributed by atoms with Crippen molar-refractivity contribution in [2.75, 3.05) is 5.32 Å². The van der Waals surface area contributed by atoms with Crippen LogP contribution < -0.4 is 11.0 Å². The Morgan fingerprint density at radius 3 is 2.55 bits per heavy atom. The van der Waals surface area contributed by atoms with Crippen LogP contribution in [0.1, 0.15) is 10.5 Å². The van der Waals surface area contributed by atoms with Crippen molar-refractivity contribution in [3.63, 3.8) is 0 Å². The van der Waals surface area contributed by atoms with Crippen molar-refractivity contribution in [1.82, 2.24) is 9.97 Å². The molecule has 1 rings (SSSR count). The van der Waals surface area contributed by atoms with Crippen LogP contribution in [0.5, 0.6) is 0 Å². The number of H-pyrrole nitrogens is 2. The summed E-state index contributed by atoms with van der Waals surface area (Å²) in [6.07, 6.45) is 0.801. The van der Waals surface area contributed by atoms with E-state index >= 15 is 0 Å². The molecule has 3 N–H and O–H groups in total. The maximum atomic E-state index is 10.5. The van der Waals surface area contributed by atoms with Crippen LogP contribution >= 0.6 is 0 Å². The molecule has 1 heterocycles. The fraction of sp³-hybridized carbons (Fsp3) is 0. The van der Waals surface area contributed by atoms with Crippen molar-refractivity contribution in [3.05, 3.63) is 16.2 Å². The lowest BCUT2D eigenvalue weighted by Gasteiger charge is -1.90. The third-order valence-electron chi connectivity index (χ3n) is 1.08. The number of carbonyl (C=O) groups is 2. The summed E-state index contributed by atoms with van der Waals surface area (Å²) in [4.78, 5) is 35.0. The van der Waals surface area contributed by atoms with E-state index in [2.05, 4.69) is 15.3 Å². The maximum Gasteiger partial charge on any atom is 0.325 e. The lowest BCUT2D eigenvalue weighted by atomic mass is 10.5. The van der Waals surface area contributed by atoms with Crippen LogP contribution in [0, 0.1) is 0 Å². The molecule has 11 heavy (non-hydrogen) atoms. The molecular weight excluding hydrogens is 150 g/mol. The van der Waals surface area contributed by atoms with Gasteiger partial charge in [0, 0.05) is 0 Å². The van der Waals surface area contributed by atoms with Gasteiger partial charge in [0.05, 0.1) is 0 Å². The number of nitrogens with one attached hydrogen (secondary N) is 3. The Balaban J connectivity index is 3.10. The topological polar surface area (TPSA) is 94.8 Å². The van der Waals surface area contributed by atoms with Crippen molar-refractivity contribution in [3.8, 4) is 0 Å². The van der Waals surface area contributed by atoms with Crippen LogP contribution in [-0.2, 0) is 4.79 Å². The third-order valence-corrected chi connectivity index (χ3v) is 1.08. The SMILES string of the molecule is O=CNc1[nH]c(=O)[nH]c1C=O. The fourth-order valence-corrected chi connectivity index (χ4v) is 0.658. The molecule has 1 aromatic heterocycles. The van der Waals surface area contributed by atoms with Crippen LogP contribution in [0.25, 0.3) is 0 Å². The number of hydrogen-bond donors (Lipinski definition) is 3. The second-order valence-electron chi connectivity index (χ2n) is 1.75. The molecule has 0 unspecified atom stereocenters. The number of imidazole rings is 1. The molecule has 0 aliphatic heterocycles. The summed E-state index contributed by atoms with van der Waals surface area (Å²) < 4.78 is 0. The number of aromatic amines is 2. The van der Waals surface area contributed by atoms with Crippen molar-refractivity contribution in [1.29, 1.82) is 0 Å². The van der Waals surface area contributed by atoms with E-state index in [1.165, 1.54) is 0 Å². The van der Waals surface area contributed by atoms with E-state index in [0.717, 1.165) is 0 Å². The minimum atomic E-state index is -0.531. The molecule has 0 bridgehead atoms. The molecule has 0 aliphatic rings. The average Bonchev–Trinajstić information content (AvgIpc) is 2.32. The highest BCUT2D eigenvalue weighted by Crippen LogP contribution is 2.00. The van der Waals surface area contributed by atoms with Crippen LogP contribution in [0.2, 0.25) is 0 Å². The number of aldehydes is 1. The average molecular weight is 155 g/mol. The van der Waals surface area contributed by atoms with Crippen molar-refractivity contribution >= 4 is 18.5 Å². The number of amides is 1. The Hall–Kier alpha value is -1.85. The van der Waals surface area contributed by atoms with Gasteiger partial charge in [0.15, 0.2) is 6.29 Å². The van der Waals surface area contributed by atoms with E-state index in [-0.39, 0.29) is 11.5 Å². The Bertz CT molecular complexity index is 324. The lowest BCUT2D eigenvalue weighted by Crippen LogP contribution is -2.02. The van der Waals surface area contributed by atoms with Gasteiger partial charge in [-0.2, -0.15) is 0 Å². The third kappa shape index (κ3) is 1.34. The summed E-state index contributed by atoms with van der Waals surface area (Å²) in [5, 5.41) is 2.15. The second-order valence-corrected chi connectivity index (χ2v) is 1.75. The first kappa shape index (κ1) is 7.26. The van der Waals surface area contributed by atoms with Crippen LogP contribution in [0.3, 0.4) is 0 Å². The van der Waals surface area contributed by atoms with E-state index in [9.17, 15) is 14.4 Å². The molecule has 6 heteroatoms. The predicted octanol–water partition coefficient (Wildman–Crippen LogP) is -0.916. The minimum absolute atomic E-state index is 0.0297. The minimum Gasteiger partial charge on any atom is -0.313 e. The van der Waals surface area contributed by atoms with Gasteiger partial charge in [0.2, 0.25) is 6.41 Å². The largest absolute Gasteiger partial charge is 0.325 e. The summed E-state index contributed by atoms with van der Waals surface area (Å²) in [5.41, 5.74) is -0.501. The molecule has 0 fully saturated rings. The van der Waals surface area contributed by atoms with Gasteiger partial charge >= 0.3 is 5.69 Å². The predicted molar refractivity (Wildman–Crippen MR) is 36.5 cm³/mol. The van der Waals surface area contributed by atoms with E-state index in [0.29, 0.717) is 12.7 Å². The van der Waals surface area contributed by atoms with Crippen molar-refractivity contribution < 1.29 is 9.59 Å². The zero-order valence-corrected chi connectivity index (χ0v) is 5.38. The van der Waals surface area contributed by atoms with E-state index < -0.39 is 5.69 Å². The van der Waals surface area contributed by atoms with Crippen molar-refractivity contribution in [2.24, 2.45) is 0 Å². The molecule has 0 aromatic carbocycles. The van der Waals surface area contributed by atoms with Crippen LogP contribution in [-0.4, -0.2) is 22.7 Å². The van der Waals surface area contributed by atoms with Gasteiger partial charge in [0.25, 0.3) is 0 Å². The summed E-state index contributed by atoms with van der Waals surface area (Å²) in [7, 11) is 0. The van der Waals surface area contributed by atoms with Gasteiger partial charge in [-0.15, -0.1) is 0 Å². The lowest BCUT2D eigenvalue weighted by molar-refractivity contribution is -0.105. The fourth-order valence-electron chi connectivity index (χ4n) is 0.658. The molecule has 0 radical (unpaired) electrons. The zero-order chi connectivity index (χ0) is 8.27. The molecule has 0 spiro atoms. The van der Waals surface area contributed by atoms with Gasteiger partial charge in [-0.1, -0.05) is 0 Å². The molecular formula is C5H5N3O3. The quantitative estimate of drug-likeness (QED) is 0.493. The normalized spacial score (nSPS) is 9.09. The Morgan fingerprint density at radius 2 is 2.00 bits per heavy atom. The number of hydrogen-bond acceptors (Lipinski definition) is 3. The highest BCUT2D eigenvalue weighted by Gasteiger charge is 2.03. The number of rotatable bonds is 3. The van der Waals surface area contributed by atoms with Crippen LogP contribution in [0.15, 0.2) is 4.79 Å². The highest BCUT2D eigenvalue weighted by molar-refractivity contribution is 5.84. The molecule has 0 aliphatic carbocycles. The Morgan fingerprint density at radius 1 is 1.27 bits per heavy atom. The number of carbonyl (C=O) groups excluding carboxylic acids is 2. The zero-order valence-electron chi connectivity index (χ0n) is 5.38. The number of anilines is 1. The van der Waals surface area contributed by atoms with Gasteiger partial charge in [-0.3, -0.25) is 14.6 Å². The molecule has 6 nitrogen and oxygen atoms in total. The van der Waals surface area contributed by atoms with E-state index in [1.54, 1.807) is 0 Å². The molecule has 1 aromatic rings. The number of aromatic nitrogens is 2. The summed E-state index contributed by atoms with van der Waals surface area (Å²) in [6, 6.07) is 0. The summed E-state index contributed by atoms with van der Waals surface area (Å²) in [5.74, 6) is 0.0833. The first-order chi connectivity index (χ1) is 5.27. The molecule has 0 atom stereocenters. The first-order valence-electron chi connectivity index (χ1n) is 2.75. The van der Waals surface area contributed by atoms with Crippen molar-refractivity contribution in [2.45, 2.75) is 0 Å². The highest BCUT2D eigenvalue weighted by atomic mass is 16.1. The summed E-state index contributed by atoms with van der Waals surface area (Å²) in [6.45, 7) is 0. The van der Waals surface area contributed by atoms with E-state index in [4.69, 9.17) is 0 Å². The maximum absolute atomic E-state index is 10.5. The van der Waals surface area contributed by atoms with Gasteiger partial charge < -0.3 is 10.3 Å². The van der Waals surface area contributed by atoms with Gasteiger partial charge in [-0.05, 0) is 0 Å².